The van der Waals surface area contributed by atoms with Crippen LogP contribution >= 0.6 is 0 Å². The SMILES string of the molecule is Cc1oc(CN)cc1S(=O)(=O)NCCC(F)(F)F. The summed E-state index contributed by atoms with van der Waals surface area (Å²) < 4.78 is 66.0. The number of nitrogens with two attached hydrogens (primary N) is 1. The molecule has 5 nitrogen and oxygen atoms in total. The standard InChI is InChI=1S/C9H13F3N2O3S/c1-6-8(4-7(5-13)17-6)18(15,16)14-3-2-9(10,11)12/h4,14H,2-3,5,13H2,1H3. The summed E-state index contributed by atoms with van der Waals surface area (Å²) >= 11 is 0. The molecule has 18 heavy (non-hydrogen) atoms. The first-order valence-electron chi connectivity index (χ1n) is 5.01. The fraction of sp³-hybridized carbons (Fsp3) is 0.556. The average molecular weight is 286 g/mol. The van der Waals surface area contributed by atoms with Gasteiger partial charge in [0.15, 0.2) is 0 Å². The summed E-state index contributed by atoms with van der Waals surface area (Å²) in [5.41, 5.74) is 5.27. The zero-order valence-electron chi connectivity index (χ0n) is 9.54. The Kier molecular flexibility index (Phi) is 4.41. The third-order valence-electron chi connectivity index (χ3n) is 2.11. The Morgan fingerprint density at radius 3 is 2.50 bits per heavy atom. The lowest BCUT2D eigenvalue weighted by molar-refractivity contribution is -0.132. The minimum absolute atomic E-state index is 0.0128. The van der Waals surface area contributed by atoms with E-state index in [2.05, 4.69) is 0 Å². The Morgan fingerprint density at radius 1 is 1.44 bits per heavy atom. The highest BCUT2D eigenvalue weighted by molar-refractivity contribution is 7.89. The van der Waals surface area contributed by atoms with Crippen molar-refractivity contribution in [2.24, 2.45) is 5.73 Å². The van der Waals surface area contributed by atoms with Crippen molar-refractivity contribution < 1.29 is 26.0 Å². The van der Waals surface area contributed by atoms with Crippen molar-refractivity contribution in [2.45, 2.75) is 31.0 Å². The molecule has 3 N–H and O–H groups in total. The quantitative estimate of drug-likeness (QED) is 0.853. The van der Waals surface area contributed by atoms with Crippen molar-refractivity contribution in [2.75, 3.05) is 6.54 Å². The molecule has 0 spiro atoms. The minimum Gasteiger partial charge on any atom is -0.464 e. The van der Waals surface area contributed by atoms with Crippen LogP contribution < -0.4 is 10.5 Å². The Labute approximate surface area is 102 Å². The third kappa shape index (κ3) is 4.00. The summed E-state index contributed by atoms with van der Waals surface area (Å²) in [6.45, 7) is 0.699. The van der Waals surface area contributed by atoms with Gasteiger partial charge in [-0.25, -0.2) is 13.1 Å². The van der Waals surface area contributed by atoms with E-state index in [-0.39, 0.29) is 23.0 Å². The topological polar surface area (TPSA) is 85.3 Å². The molecule has 1 rings (SSSR count). The van der Waals surface area contributed by atoms with Crippen molar-refractivity contribution in [1.29, 1.82) is 0 Å². The molecule has 0 aliphatic rings. The van der Waals surface area contributed by atoms with Crippen LogP contribution in [0.25, 0.3) is 0 Å². The van der Waals surface area contributed by atoms with Crippen molar-refractivity contribution in [3.05, 3.63) is 17.6 Å². The summed E-state index contributed by atoms with van der Waals surface area (Å²) in [7, 11) is -4.00. The van der Waals surface area contributed by atoms with Gasteiger partial charge in [0, 0.05) is 12.6 Å². The summed E-state index contributed by atoms with van der Waals surface area (Å²) in [4.78, 5) is -0.190. The molecule has 0 saturated heterocycles. The zero-order valence-corrected chi connectivity index (χ0v) is 10.4. The van der Waals surface area contributed by atoms with Gasteiger partial charge in [0.2, 0.25) is 10.0 Å². The van der Waals surface area contributed by atoms with E-state index in [1.54, 1.807) is 0 Å². The molecule has 0 amide bonds. The number of alkyl halides is 3. The molecule has 0 aliphatic heterocycles. The monoisotopic (exact) mass is 286 g/mol. The molecular weight excluding hydrogens is 273 g/mol. The molecule has 0 saturated carbocycles. The highest BCUT2D eigenvalue weighted by Gasteiger charge is 2.28. The first-order chi connectivity index (χ1) is 8.15. The van der Waals surface area contributed by atoms with E-state index in [0.717, 1.165) is 0 Å². The fourth-order valence-corrected chi connectivity index (χ4v) is 2.53. The summed E-state index contributed by atoms with van der Waals surface area (Å²) in [6, 6.07) is 1.20. The molecule has 0 aliphatic carbocycles. The molecule has 1 aromatic rings. The number of sulfonamides is 1. The third-order valence-corrected chi connectivity index (χ3v) is 3.68. The van der Waals surface area contributed by atoms with Crippen LogP contribution in [0.1, 0.15) is 17.9 Å². The van der Waals surface area contributed by atoms with E-state index in [4.69, 9.17) is 10.2 Å². The highest BCUT2D eigenvalue weighted by Crippen LogP contribution is 2.21. The number of rotatable bonds is 5. The number of halogens is 3. The van der Waals surface area contributed by atoms with Gasteiger partial charge >= 0.3 is 6.18 Å². The summed E-state index contributed by atoms with van der Waals surface area (Å²) in [5.74, 6) is 0.346. The molecule has 1 aromatic heterocycles. The van der Waals surface area contributed by atoms with Crippen LogP contribution in [-0.2, 0) is 16.6 Å². The molecule has 0 fully saturated rings. The predicted octanol–water partition coefficient (Wildman–Crippen LogP) is 1.28. The van der Waals surface area contributed by atoms with Crippen LogP contribution in [0.5, 0.6) is 0 Å². The molecule has 0 bridgehead atoms. The van der Waals surface area contributed by atoms with Gasteiger partial charge in [0.1, 0.15) is 16.4 Å². The first kappa shape index (κ1) is 15.0. The van der Waals surface area contributed by atoms with Gasteiger partial charge in [-0.2, -0.15) is 13.2 Å². The average Bonchev–Trinajstić information content (AvgIpc) is 2.58. The summed E-state index contributed by atoms with van der Waals surface area (Å²) in [6.07, 6.45) is -5.64. The minimum atomic E-state index is -4.41. The Balaban J connectivity index is 2.77. The molecule has 0 unspecified atom stereocenters. The van der Waals surface area contributed by atoms with Gasteiger partial charge in [0.05, 0.1) is 13.0 Å². The largest absolute Gasteiger partial charge is 0.464 e. The maximum atomic E-state index is 11.9. The van der Waals surface area contributed by atoms with E-state index in [1.165, 1.54) is 13.0 Å². The van der Waals surface area contributed by atoms with Gasteiger partial charge in [-0.05, 0) is 6.92 Å². The maximum Gasteiger partial charge on any atom is 0.390 e. The fourth-order valence-electron chi connectivity index (χ4n) is 1.30. The Bertz CT molecular complexity index is 508. The Hall–Kier alpha value is -1.06. The van der Waals surface area contributed by atoms with Crippen LogP contribution in [-0.4, -0.2) is 21.1 Å². The van der Waals surface area contributed by atoms with Crippen molar-refractivity contribution >= 4 is 10.0 Å². The lowest BCUT2D eigenvalue weighted by Gasteiger charge is -2.07. The van der Waals surface area contributed by atoms with E-state index >= 15 is 0 Å². The van der Waals surface area contributed by atoms with Crippen LogP contribution in [0.4, 0.5) is 13.2 Å². The normalized spacial score (nSPS) is 12.9. The van der Waals surface area contributed by atoms with E-state index in [9.17, 15) is 21.6 Å². The lowest BCUT2D eigenvalue weighted by Crippen LogP contribution is -2.28. The molecule has 9 heteroatoms. The number of nitrogens with one attached hydrogen (secondary N) is 1. The highest BCUT2D eigenvalue weighted by atomic mass is 32.2. The van der Waals surface area contributed by atoms with Crippen molar-refractivity contribution in [1.82, 2.24) is 4.72 Å². The molecule has 0 atom stereocenters. The molecule has 1 heterocycles. The zero-order chi connectivity index (χ0) is 14.0. The van der Waals surface area contributed by atoms with E-state index in [1.807, 2.05) is 4.72 Å². The molecule has 0 radical (unpaired) electrons. The van der Waals surface area contributed by atoms with Gasteiger partial charge in [0.25, 0.3) is 0 Å². The van der Waals surface area contributed by atoms with Crippen LogP contribution in [0.15, 0.2) is 15.4 Å². The molecule has 104 valence electrons. The maximum absolute atomic E-state index is 11.9. The van der Waals surface area contributed by atoms with Gasteiger partial charge < -0.3 is 10.2 Å². The van der Waals surface area contributed by atoms with Crippen LogP contribution in [0.2, 0.25) is 0 Å². The van der Waals surface area contributed by atoms with E-state index < -0.39 is 29.2 Å². The lowest BCUT2D eigenvalue weighted by atomic mass is 10.4. The number of hydrogen-bond donors (Lipinski definition) is 2. The second-order valence-electron chi connectivity index (χ2n) is 3.60. The van der Waals surface area contributed by atoms with Gasteiger partial charge in [-0.15, -0.1) is 0 Å². The van der Waals surface area contributed by atoms with E-state index in [0.29, 0.717) is 0 Å². The number of furan rings is 1. The first-order valence-corrected chi connectivity index (χ1v) is 6.50. The second kappa shape index (κ2) is 5.29. The number of aryl methyl sites for hydroxylation is 1. The van der Waals surface area contributed by atoms with Crippen LogP contribution in [0.3, 0.4) is 0 Å². The predicted molar refractivity (Wildman–Crippen MR) is 57.2 cm³/mol. The Morgan fingerprint density at radius 2 is 2.06 bits per heavy atom. The molecular formula is C9H13F3N2O3S. The van der Waals surface area contributed by atoms with Crippen LogP contribution in [0, 0.1) is 6.92 Å². The van der Waals surface area contributed by atoms with Gasteiger partial charge in [-0.1, -0.05) is 0 Å². The molecule has 0 aromatic carbocycles. The smallest absolute Gasteiger partial charge is 0.390 e. The second-order valence-corrected chi connectivity index (χ2v) is 5.34. The number of hydrogen-bond acceptors (Lipinski definition) is 4. The summed E-state index contributed by atoms with van der Waals surface area (Å²) in [5, 5.41) is 0. The van der Waals surface area contributed by atoms with Gasteiger partial charge in [-0.3, -0.25) is 0 Å². The van der Waals surface area contributed by atoms with Crippen molar-refractivity contribution in [3.8, 4) is 0 Å². The van der Waals surface area contributed by atoms with Crippen molar-refractivity contribution in [3.63, 3.8) is 0 Å².